The van der Waals surface area contributed by atoms with Gasteiger partial charge in [-0.2, -0.15) is 0 Å². The Balaban J connectivity index is 1.78. The molecule has 2 aliphatic rings. The zero-order valence-corrected chi connectivity index (χ0v) is 17.5. The van der Waals surface area contributed by atoms with Crippen LogP contribution in [-0.2, 0) is 4.74 Å². The Morgan fingerprint density at radius 3 is 2.63 bits per heavy atom. The number of ether oxygens (including phenoxy) is 1. The van der Waals surface area contributed by atoms with E-state index in [0.717, 1.165) is 44.7 Å². The minimum atomic E-state index is -0.333. The van der Waals surface area contributed by atoms with E-state index < -0.39 is 0 Å². The van der Waals surface area contributed by atoms with Crippen LogP contribution in [-0.4, -0.2) is 47.5 Å². The van der Waals surface area contributed by atoms with Gasteiger partial charge in [0.1, 0.15) is 5.69 Å². The zero-order valence-electron chi connectivity index (χ0n) is 17.5. The number of likely N-dealkylation sites (tertiary alicyclic amines) is 1. The molecule has 1 unspecified atom stereocenters. The minimum absolute atomic E-state index is 0.236. The van der Waals surface area contributed by atoms with E-state index in [0.29, 0.717) is 18.2 Å². The predicted molar refractivity (Wildman–Crippen MR) is 109 cm³/mol. The monoisotopic (exact) mass is 372 g/mol. The van der Waals surface area contributed by atoms with Gasteiger partial charge >= 0.3 is 0 Å². The van der Waals surface area contributed by atoms with Crippen LogP contribution in [0.5, 0.6) is 0 Å². The molecule has 0 aromatic carbocycles. The van der Waals surface area contributed by atoms with Gasteiger partial charge in [-0.15, -0.1) is 0 Å². The first kappa shape index (κ1) is 20.5. The Morgan fingerprint density at radius 2 is 2.04 bits per heavy atom. The third-order valence-corrected chi connectivity index (χ3v) is 6.52. The van der Waals surface area contributed by atoms with E-state index in [1.54, 1.807) is 6.20 Å². The fourth-order valence-electron chi connectivity index (χ4n) is 5.04. The van der Waals surface area contributed by atoms with E-state index in [1.165, 1.54) is 13.0 Å². The van der Waals surface area contributed by atoms with Gasteiger partial charge < -0.3 is 9.64 Å². The SMILES string of the molecule is CC(C)CCN1CCC(C2(C(=O)c3ccccn3)CCOC(C)(C)C2)CC1. The molecule has 0 aliphatic carbocycles. The summed E-state index contributed by atoms with van der Waals surface area (Å²) >= 11 is 0. The topological polar surface area (TPSA) is 42.4 Å². The summed E-state index contributed by atoms with van der Waals surface area (Å²) in [4.78, 5) is 20.7. The molecule has 4 heteroatoms. The molecule has 2 aliphatic heterocycles. The zero-order chi connectivity index (χ0) is 19.5. The molecule has 150 valence electrons. The van der Waals surface area contributed by atoms with Crippen molar-refractivity contribution >= 4 is 5.78 Å². The maximum absolute atomic E-state index is 13.7. The summed E-state index contributed by atoms with van der Waals surface area (Å²) in [5, 5.41) is 0. The van der Waals surface area contributed by atoms with Crippen molar-refractivity contribution in [3.63, 3.8) is 0 Å². The summed E-state index contributed by atoms with van der Waals surface area (Å²) in [6, 6.07) is 5.68. The standard InChI is InChI=1S/C23H36N2O2/c1-18(2)8-13-25-14-9-19(10-15-25)23(11-16-27-22(3,4)17-23)21(26)20-7-5-6-12-24-20/h5-7,12,18-19H,8-11,13-17H2,1-4H3. The van der Waals surface area contributed by atoms with Crippen molar-refractivity contribution in [2.75, 3.05) is 26.2 Å². The number of piperidine rings is 1. The Bertz CT molecular complexity index is 621. The summed E-state index contributed by atoms with van der Waals surface area (Å²) in [6.07, 6.45) is 6.82. The first-order chi connectivity index (χ1) is 12.8. The smallest absolute Gasteiger partial charge is 0.187 e. The van der Waals surface area contributed by atoms with Crippen molar-refractivity contribution < 1.29 is 9.53 Å². The molecule has 0 bridgehead atoms. The fraction of sp³-hybridized carbons (Fsp3) is 0.739. The van der Waals surface area contributed by atoms with Crippen LogP contribution in [0.2, 0.25) is 0 Å². The molecule has 3 heterocycles. The second kappa shape index (κ2) is 8.40. The van der Waals surface area contributed by atoms with Crippen molar-refractivity contribution in [1.29, 1.82) is 0 Å². The lowest BCUT2D eigenvalue weighted by Crippen LogP contribution is -2.52. The maximum atomic E-state index is 13.7. The van der Waals surface area contributed by atoms with Gasteiger partial charge in [-0.05, 0) is 89.6 Å². The number of nitrogens with zero attached hydrogens (tertiary/aromatic N) is 2. The molecular weight excluding hydrogens is 336 g/mol. The quantitative estimate of drug-likeness (QED) is 0.685. The van der Waals surface area contributed by atoms with Crippen LogP contribution in [0.25, 0.3) is 0 Å². The van der Waals surface area contributed by atoms with Crippen molar-refractivity contribution in [2.24, 2.45) is 17.3 Å². The number of Topliss-reactive ketones (excluding diaryl/α,β-unsaturated/α-hetero) is 1. The Kier molecular flexibility index (Phi) is 6.37. The lowest BCUT2D eigenvalue weighted by Gasteiger charge is -2.50. The average Bonchev–Trinajstić information content (AvgIpc) is 2.66. The third-order valence-electron chi connectivity index (χ3n) is 6.52. The summed E-state index contributed by atoms with van der Waals surface area (Å²) < 4.78 is 6.00. The van der Waals surface area contributed by atoms with Crippen molar-refractivity contribution in [3.8, 4) is 0 Å². The van der Waals surface area contributed by atoms with E-state index in [-0.39, 0.29) is 16.8 Å². The van der Waals surface area contributed by atoms with E-state index in [4.69, 9.17) is 4.74 Å². The molecule has 1 aromatic heterocycles. The number of hydrogen-bond acceptors (Lipinski definition) is 4. The number of hydrogen-bond donors (Lipinski definition) is 0. The molecule has 4 nitrogen and oxygen atoms in total. The van der Waals surface area contributed by atoms with Crippen molar-refractivity contribution in [1.82, 2.24) is 9.88 Å². The lowest BCUT2D eigenvalue weighted by molar-refractivity contribution is -0.113. The number of pyridine rings is 1. The Morgan fingerprint density at radius 1 is 1.30 bits per heavy atom. The maximum Gasteiger partial charge on any atom is 0.187 e. The van der Waals surface area contributed by atoms with Crippen LogP contribution < -0.4 is 0 Å². The van der Waals surface area contributed by atoms with Gasteiger partial charge in [-0.25, -0.2) is 0 Å². The van der Waals surface area contributed by atoms with Gasteiger partial charge in [-0.3, -0.25) is 9.78 Å². The van der Waals surface area contributed by atoms with Gasteiger partial charge in [0.2, 0.25) is 0 Å². The summed E-state index contributed by atoms with van der Waals surface area (Å²) in [5.41, 5.74) is 0.0370. The highest BCUT2D eigenvalue weighted by molar-refractivity contribution is 5.99. The number of ketones is 1. The number of carbonyl (C=O) groups is 1. The molecule has 27 heavy (non-hydrogen) atoms. The summed E-state index contributed by atoms with van der Waals surface area (Å²) in [6.45, 7) is 12.9. The van der Waals surface area contributed by atoms with Gasteiger partial charge in [0.25, 0.3) is 0 Å². The molecule has 3 rings (SSSR count). The molecule has 2 saturated heterocycles. The van der Waals surface area contributed by atoms with Crippen LogP contribution in [0.3, 0.4) is 0 Å². The van der Waals surface area contributed by atoms with Crippen LogP contribution >= 0.6 is 0 Å². The first-order valence-corrected chi connectivity index (χ1v) is 10.6. The molecule has 1 aromatic rings. The number of carbonyl (C=O) groups excluding carboxylic acids is 1. The normalized spacial score (nSPS) is 27.0. The molecule has 2 fully saturated rings. The molecular formula is C23H36N2O2. The summed E-state index contributed by atoms with van der Waals surface area (Å²) in [7, 11) is 0. The highest BCUT2D eigenvalue weighted by Gasteiger charge is 2.52. The average molecular weight is 373 g/mol. The summed E-state index contributed by atoms with van der Waals surface area (Å²) in [5.74, 6) is 1.40. The third kappa shape index (κ3) is 4.78. The number of aromatic nitrogens is 1. The Labute approximate surface area is 164 Å². The van der Waals surface area contributed by atoms with Crippen molar-refractivity contribution in [2.45, 2.75) is 65.4 Å². The molecule has 1 atom stereocenters. The van der Waals surface area contributed by atoms with Crippen LogP contribution in [0.15, 0.2) is 24.4 Å². The van der Waals surface area contributed by atoms with Gasteiger partial charge in [0.05, 0.1) is 5.60 Å². The van der Waals surface area contributed by atoms with Crippen LogP contribution in [0.1, 0.15) is 70.3 Å². The van der Waals surface area contributed by atoms with E-state index in [1.807, 2.05) is 18.2 Å². The van der Waals surface area contributed by atoms with E-state index in [2.05, 4.69) is 37.6 Å². The predicted octanol–water partition coefficient (Wildman–Crippen LogP) is 4.60. The van der Waals surface area contributed by atoms with Crippen LogP contribution in [0, 0.1) is 17.3 Å². The molecule has 0 N–H and O–H groups in total. The minimum Gasteiger partial charge on any atom is -0.376 e. The lowest BCUT2D eigenvalue weighted by atomic mass is 9.60. The van der Waals surface area contributed by atoms with Crippen molar-refractivity contribution in [3.05, 3.63) is 30.1 Å². The first-order valence-electron chi connectivity index (χ1n) is 10.6. The number of rotatable bonds is 6. The molecule has 0 radical (unpaired) electrons. The second-order valence-corrected chi connectivity index (χ2v) is 9.53. The van der Waals surface area contributed by atoms with E-state index in [9.17, 15) is 4.79 Å². The molecule has 0 saturated carbocycles. The Hall–Kier alpha value is -1.26. The van der Waals surface area contributed by atoms with Crippen LogP contribution in [0.4, 0.5) is 0 Å². The highest BCUT2D eigenvalue weighted by Crippen LogP contribution is 2.49. The van der Waals surface area contributed by atoms with E-state index >= 15 is 0 Å². The fourth-order valence-corrected chi connectivity index (χ4v) is 5.04. The van der Waals surface area contributed by atoms with Gasteiger partial charge in [0, 0.05) is 18.2 Å². The largest absolute Gasteiger partial charge is 0.376 e. The van der Waals surface area contributed by atoms with Gasteiger partial charge in [0.15, 0.2) is 5.78 Å². The van der Waals surface area contributed by atoms with Gasteiger partial charge in [-0.1, -0.05) is 19.9 Å². The molecule has 0 spiro atoms. The highest BCUT2D eigenvalue weighted by atomic mass is 16.5. The second-order valence-electron chi connectivity index (χ2n) is 9.53. The molecule has 0 amide bonds.